The van der Waals surface area contributed by atoms with Gasteiger partial charge in [0.05, 0.1) is 12.1 Å². The monoisotopic (exact) mass is 315 g/mol. The van der Waals surface area contributed by atoms with Gasteiger partial charge < -0.3 is 5.11 Å². The number of carboxylic acid groups (broad SMARTS) is 1. The van der Waals surface area contributed by atoms with Gasteiger partial charge in [0, 0.05) is 6.54 Å². The summed E-state index contributed by atoms with van der Waals surface area (Å²) in [6.07, 6.45) is -0.971. The molecule has 1 aliphatic heterocycles. The predicted octanol–water partition coefficient (Wildman–Crippen LogP) is 3.43. The molecule has 1 fully saturated rings. The maximum Gasteiger partial charge on any atom is 0.416 e. The van der Waals surface area contributed by atoms with Crippen LogP contribution in [0.15, 0.2) is 24.3 Å². The Morgan fingerprint density at radius 3 is 2.82 bits per heavy atom. The quantitative estimate of drug-likeness (QED) is 0.905. The van der Waals surface area contributed by atoms with E-state index in [0.717, 1.165) is 31.9 Å². The summed E-state index contributed by atoms with van der Waals surface area (Å²) in [6.45, 7) is 1.54. The third-order valence-corrected chi connectivity index (χ3v) is 4.06. The molecule has 1 heterocycles. The van der Waals surface area contributed by atoms with Crippen LogP contribution in [0.25, 0.3) is 0 Å². The zero-order chi connectivity index (χ0) is 16.2. The van der Waals surface area contributed by atoms with Gasteiger partial charge in [0.25, 0.3) is 0 Å². The number of carboxylic acids is 1. The van der Waals surface area contributed by atoms with Crippen molar-refractivity contribution in [3.05, 3.63) is 35.4 Å². The zero-order valence-corrected chi connectivity index (χ0v) is 12.3. The Labute approximate surface area is 127 Å². The highest BCUT2D eigenvalue weighted by molar-refractivity contribution is 5.69. The minimum atomic E-state index is -4.31. The van der Waals surface area contributed by atoms with Crippen molar-refractivity contribution >= 4 is 5.97 Å². The SMILES string of the molecule is O=C(O)CN1CCC[C@H](CCc2cccc(C(F)(F)F)c2)C1. The smallest absolute Gasteiger partial charge is 0.416 e. The van der Waals surface area contributed by atoms with Crippen molar-refractivity contribution in [2.75, 3.05) is 19.6 Å². The second kappa shape index (κ2) is 7.13. The molecule has 1 aliphatic rings. The van der Waals surface area contributed by atoms with Gasteiger partial charge in [-0.25, -0.2) is 0 Å². The van der Waals surface area contributed by atoms with Crippen LogP contribution in [0.4, 0.5) is 13.2 Å². The number of aliphatic carboxylic acids is 1. The molecule has 0 aromatic heterocycles. The fraction of sp³-hybridized carbons (Fsp3) is 0.562. The summed E-state index contributed by atoms with van der Waals surface area (Å²) in [7, 11) is 0. The van der Waals surface area contributed by atoms with Crippen molar-refractivity contribution < 1.29 is 23.1 Å². The number of nitrogens with zero attached hydrogens (tertiary/aromatic N) is 1. The summed E-state index contributed by atoms with van der Waals surface area (Å²) >= 11 is 0. The molecule has 0 aliphatic carbocycles. The van der Waals surface area contributed by atoms with Crippen LogP contribution in [-0.4, -0.2) is 35.6 Å². The Hall–Kier alpha value is -1.56. The van der Waals surface area contributed by atoms with E-state index in [4.69, 9.17) is 5.11 Å². The highest BCUT2D eigenvalue weighted by atomic mass is 19.4. The standard InChI is InChI=1S/C16H20F3NO2/c17-16(18,19)14-5-1-3-12(9-14)6-7-13-4-2-8-20(10-13)11-15(21)22/h1,3,5,9,13H,2,4,6-8,10-11H2,(H,21,22)/t13-/m1/s1. The molecule has 1 aromatic carbocycles. The van der Waals surface area contributed by atoms with Gasteiger partial charge in [-0.2, -0.15) is 13.2 Å². The van der Waals surface area contributed by atoms with E-state index < -0.39 is 17.7 Å². The second-order valence-electron chi connectivity index (χ2n) is 5.87. The van der Waals surface area contributed by atoms with Gasteiger partial charge in [0.2, 0.25) is 0 Å². The van der Waals surface area contributed by atoms with Gasteiger partial charge >= 0.3 is 12.1 Å². The molecule has 1 aromatic rings. The van der Waals surface area contributed by atoms with Gasteiger partial charge in [-0.05, 0) is 49.8 Å². The van der Waals surface area contributed by atoms with Crippen LogP contribution in [-0.2, 0) is 17.4 Å². The Morgan fingerprint density at radius 2 is 2.14 bits per heavy atom. The van der Waals surface area contributed by atoms with E-state index in [1.165, 1.54) is 12.1 Å². The Bertz CT molecular complexity index is 516. The fourth-order valence-electron chi connectivity index (χ4n) is 3.00. The minimum Gasteiger partial charge on any atom is -0.480 e. The molecular formula is C16H20F3NO2. The number of halogens is 3. The summed E-state index contributed by atoms with van der Waals surface area (Å²) in [6, 6.07) is 5.44. The third kappa shape index (κ3) is 5.02. The van der Waals surface area contributed by atoms with Gasteiger partial charge in [-0.1, -0.05) is 18.2 Å². The van der Waals surface area contributed by atoms with Crippen LogP contribution in [0.3, 0.4) is 0 Å². The first-order valence-corrected chi connectivity index (χ1v) is 7.45. The summed E-state index contributed by atoms with van der Waals surface area (Å²) in [5.41, 5.74) is 0.0753. The molecular weight excluding hydrogens is 295 g/mol. The van der Waals surface area contributed by atoms with Crippen LogP contribution in [0.5, 0.6) is 0 Å². The van der Waals surface area contributed by atoms with E-state index >= 15 is 0 Å². The molecule has 22 heavy (non-hydrogen) atoms. The maximum atomic E-state index is 12.7. The average Bonchev–Trinajstić information content (AvgIpc) is 2.44. The van der Waals surface area contributed by atoms with Crippen molar-refractivity contribution in [1.82, 2.24) is 4.90 Å². The number of hydrogen-bond acceptors (Lipinski definition) is 2. The molecule has 1 N–H and O–H groups in total. The summed E-state index contributed by atoms with van der Waals surface area (Å²) in [5, 5.41) is 8.82. The van der Waals surface area contributed by atoms with Crippen molar-refractivity contribution in [2.24, 2.45) is 5.92 Å². The molecule has 1 saturated heterocycles. The van der Waals surface area contributed by atoms with Crippen LogP contribution >= 0.6 is 0 Å². The first-order valence-electron chi connectivity index (χ1n) is 7.45. The minimum absolute atomic E-state index is 0.0417. The number of piperidine rings is 1. The molecule has 1 atom stereocenters. The fourth-order valence-corrected chi connectivity index (χ4v) is 3.00. The number of likely N-dealkylation sites (tertiary alicyclic amines) is 1. The number of hydrogen-bond donors (Lipinski definition) is 1. The lowest BCUT2D eigenvalue weighted by molar-refractivity contribution is -0.139. The van der Waals surface area contributed by atoms with Gasteiger partial charge in [-0.15, -0.1) is 0 Å². The molecule has 0 bridgehead atoms. The predicted molar refractivity (Wildman–Crippen MR) is 76.6 cm³/mol. The average molecular weight is 315 g/mol. The van der Waals surface area contributed by atoms with Gasteiger partial charge in [-0.3, -0.25) is 9.69 Å². The van der Waals surface area contributed by atoms with Crippen LogP contribution in [0.1, 0.15) is 30.4 Å². The van der Waals surface area contributed by atoms with E-state index in [0.29, 0.717) is 24.4 Å². The van der Waals surface area contributed by atoms with E-state index in [2.05, 4.69) is 0 Å². The molecule has 122 valence electrons. The summed E-state index contributed by atoms with van der Waals surface area (Å²) in [4.78, 5) is 12.6. The summed E-state index contributed by atoms with van der Waals surface area (Å²) < 4.78 is 38.0. The van der Waals surface area contributed by atoms with Crippen LogP contribution in [0.2, 0.25) is 0 Å². The molecule has 0 radical (unpaired) electrons. The van der Waals surface area contributed by atoms with E-state index in [9.17, 15) is 18.0 Å². The van der Waals surface area contributed by atoms with Crippen molar-refractivity contribution in [2.45, 2.75) is 31.9 Å². The van der Waals surface area contributed by atoms with Gasteiger partial charge in [0.1, 0.15) is 0 Å². The van der Waals surface area contributed by atoms with Crippen molar-refractivity contribution in [3.63, 3.8) is 0 Å². The lowest BCUT2D eigenvalue weighted by Gasteiger charge is -2.31. The molecule has 0 saturated carbocycles. The maximum absolute atomic E-state index is 12.7. The number of aryl methyl sites for hydroxylation is 1. The second-order valence-corrected chi connectivity index (χ2v) is 5.87. The Kier molecular flexibility index (Phi) is 5.45. The van der Waals surface area contributed by atoms with Crippen LogP contribution < -0.4 is 0 Å². The molecule has 6 heteroatoms. The Morgan fingerprint density at radius 1 is 1.36 bits per heavy atom. The third-order valence-electron chi connectivity index (χ3n) is 4.06. The van der Waals surface area contributed by atoms with Crippen LogP contribution in [0, 0.1) is 5.92 Å². The molecule has 2 rings (SSSR count). The zero-order valence-electron chi connectivity index (χ0n) is 12.3. The normalized spacial score (nSPS) is 20.0. The number of carbonyl (C=O) groups is 1. The highest BCUT2D eigenvalue weighted by Crippen LogP contribution is 2.30. The number of alkyl halides is 3. The number of rotatable bonds is 5. The van der Waals surface area contributed by atoms with Gasteiger partial charge in [0.15, 0.2) is 0 Å². The highest BCUT2D eigenvalue weighted by Gasteiger charge is 2.30. The first-order chi connectivity index (χ1) is 10.3. The topological polar surface area (TPSA) is 40.5 Å². The largest absolute Gasteiger partial charge is 0.480 e. The molecule has 0 amide bonds. The lowest BCUT2D eigenvalue weighted by atomic mass is 9.91. The number of benzene rings is 1. The van der Waals surface area contributed by atoms with Crippen molar-refractivity contribution in [1.29, 1.82) is 0 Å². The summed E-state index contributed by atoms with van der Waals surface area (Å²) in [5.74, 6) is -0.485. The molecule has 3 nitrogen and oxygen atoms in total. The van der Waals surface area contributed by atoms with Crippen molar-refractivity contribution in [3.8, 4) is 0 Å². The molecule has 0 spiro atoms. The van der Waals surface area contributed by atoms with E-state index in [1.54, 1.807) is 6.07 Å². The Balaban J connectivity index is 1.88. The molecule has 0 unspecified atom stereocenters. The first kappa shape index (κ1) is 16.8. The van der Waals surface area contributed by atoms with E-state index in [1.807, 2.05) is 4.90 Å². The van der Waals surface area contributed by atoms with E-state index in [-0.39, 0.29) is 6.54 Å². The lowest BCUT2D eigenvalue weighted by Crippen LogP contribution is -2.38.